The van der Waals surface area contributed by atoms with E-state index in [1.807, 2.05) is 5.48 Å². The minimum absolute atomic E-state index is 0.0352. The Morgan fingerprint density at radius 2 is 1.67 bits per heavy atom. The summed E-state index contributed by atoms with van der Waals surface area (Å²) in [6, 6.07) is 0. The second-order valence-electron chi connectivity index (χ2n) is 3.21. The molecule has 0 aromatic rings. The first-order valence-corrected chi connectivity index (χ1v) is 5.02. The van der Waals surface area contributed by atoms with Crippen molar-refractivity contribution in [3.8, 4) is 0 Å². The van der Waals surface area contributed by atoms with Crippen LogP contribution in [0, 0.1) is 0 Å². The van der Waals surface area contributed by atoms with Crippen molar-refractivity contribution < 1.29 is 19.9 Å². The second kappa shape index (κ2) is 9.42. The molecule has 0 aromatic heterocycles. The van der Waals surface area contributed by atoms with Crippen LogP contribution in [0.15, 0.2) is 0 Å². The van der Waals surface area contributed by atoms with E-state index in [0.29, 0.717) is 13.1 Å². The standard InChI is InChI=1S/C9H18N2O4/c12-8(4-5-9(13)14)10-6-2-1-3-7-11-15/h11,15H,1-7H2,(H,10,12)(H,13,14). The molecule has 0 aromatic carbocycles. The maximum atomic E-state index is 11.0. The van der Waals surface area contributed by atoms with Gasteiger partial charge in [0.1, 0.15) is 0 Å². The van der Waals surface area contributed by atoms with E-state index in [9.17, 15) is 9.59 Å². The lowest BCUT2D eigenvalue weighted by atomic mass is 10.2. The number of rotatable bonds is 9. The van der Waals surface area contributed by atoms with Crippen LogP contribution in [0.25, 0.3) is 0 Å². The summed E-state index contributed by atoms with van der Waals surface area (Å²) in [6.45, 7) is 1.11. The number of hydrogen-bond donors (Lipinski definition) is 4. The van der Waals surface area contributed by atoms with Gasteiger partial charge in [0, 0.05) is 19.5 Å². The number of carbonyl (C=O) groups is 2. The highest BCUT2D eigenvalue weighted by atomic mass is 16.5. The predicted octanol–water partition coefficient (Wildman–Crippen LogP) is 0.117. The molecule has 0 spiro atoms. The fourth-order valence-corrected chi connectivity index (χ4v) is 1.04. The van der Waals surface area contributed by atoms with Crippen molar-refractivity contribution in [3.05, 3.63) is 0 Å². The highest BCUT2D eigenvalue weighted by Gasteiger charge is 2.03. The van der Waals surface area contributed by atoms with Gasteiger partial charge in [-0.05, 0) is 12.8 Å². The van der Waals surface area contributed by atoms with E-state index in [0.717, 1.165) is 19.3 Å². The lowest BCUT2D eigenvalue weighted by Crippen LogP contribution is -2.24. The van der Waals surface area contributed by atoms with E-state index in [4.69, 9.17) is 10.3 Å². The van der Waals surface area contributed by atoms with Crippen LogP contribution >= 0.6 is 0 Å². The van der Waals surface area contributed by atoms with E-state index in [-0.39, 0.29) is 18.7 Å². The quantitative estimate of drug-likeness (QED) is 0.325. The smallest absolute Gasteiger partial charge is 0.303 e. The average molecular weight is 218 g/mol. The minimum atomic E-state index is -0.959. The van der Waals surface area contributed by atoms with Crippen molar-refractivity contribution in [3.63, 3.8) is 0 Å². The van der Waals surface area contributed by atoms with Crippen LogP contribution in [0.1, 0.15) is 32.1 Å². The second-order valence-corrected chi connectivity index (χ2v) is 3.21. The molecule has 0 saturated carbocycles. The lowest BCUT2D eigenvalue weighted by Gasteiger charge is -2.03. The van der Waals surface area contributed by atoms with Crippen LogP contribution < -0.4 is 10.8 Å². The first kappa shape index (κ1) is 13.9. The molecule has 0 aliphatic heterocycles. The van der Waals surface area contributed by atoms with Crippen LogP contribution in [-0.4, -0.2) is 35.3 Å². The topological polar surface area (TPSA) is 98.7 Å². The van der Waals surface area contributed by atoms with Gasteiger partial charge in [0.2, 0.25) is 5.91 Å². The van der Waals surface area contributed by atoms with Gasteiger partial charge in [0.15, 0.2) is 0 Å². The van der Waals surface area contributed by atoms with Crippen LogP contribution in [0.4, 0.5) is 0 Å². The summed E-state index contributed by atoms with van der Waals surface area (Å²) in [6.07, 6.45) is 2.50. The summed E-state index contributed by atoms with van der Waals surface area (Å²) in [5.74, 6) is -1.18. The molecule has 6 nitrogen and oxygen atoms in total. The Morgan fingerprint density at radius 3 is 2.27 bits per heavy atom. The molecular weight excluding hydrogens is 200 g/mol. The summed E-state index contributed by atoms with van der Waals surface area (Å²) >= 11 is 0. The largest absolute Gasteiger partial charge is 0.481 e. The highest BCUT2D eigenvalue weighted by Crippen LogP contribution is 1.93. The number of unbranched alkanes of at least 4 members (excludes halogenated alkanes) is 2. The Morgan fingerprint density at radius 1 is 1.00 bits per heavy atom. The van der Waals surface area contributed by atoms with Crippen molar-refractivity contribution in [2.24, 2.45) is 0 Å². The number of hydrogen-bond acceptors (Lipinski definition) is 4. The van der Waals surface area contributed by atoms with Crippen molar-refractivity contribution in [1.29, 1.82) is 0 Å². The highest BCUT2D eigenvalue weighted by molar-refractivity contribution is 5.80. The van der Waals surface area contributed by atoms with Crippen LogP contribution in [-0.2, 0) is 9.59 Å². The molecule has 1 amide bonds. The van der Waals surface area contributed by atoms with E-state index in [2.05, 4.69) is 5.32 Å². The maximum absolute atomic E-state index is 11.0. The predicted molar refractivity (Wildman–Crippen MR) is 53.5 cm³/mol. The SMILES string of the molecule is O=C(O)CCC(=O)NCCCCCNO. The first-order chi connectivity index (χ1) is 7.16. The van der Waals surface area contributed by atoms with Gasteiger partial charge in [-0.3, -0.25) is 9.59 Å². The fourth-order valence-electron chi connectivity index (χ4n) is 1.04. The molecule has 0 rings (SSSR count). The van der Waals surface area contributed by atoms with Gasteiger partial charge in [-0.15, -0.1) is 0 Å². The van der Waals surface area contributed by atoms with Gasteiger partial charge in [0.25, 0.3) is 0 Å². The average Bonchev–Trinajstić information content (AvgIpc) is 2.20. The Hall–Kier alpha value is -1.14. The van der Waals surface area contributed by atoms with Crippen LogP contribution in [0.5, 0.6) is 0 Å². The van der Waals surface area contributed by atoms with Crippen LogP contribution in [0.3, 0.4) is 0 Å². The van der Waals surface area contributed by atoms with Crippen molar-refractivity contribution in [2.45, 2.75) is 32.1 Å². The normalized spacial score (nSPS) is 9.93. The Kier molecular flexibility index (Phi) is 8.70. The van der Waals surface area contributed by atoms with Gasteiger partial charge >= 0.3 is 5.97 Å². The van der Waals surface area contributed by atoms with E-state index >= 15 is 0 Å². The van der Waals surface area contributed by atoms with E-state index in [1.54, 1.807) is 0 Å². The molecule has 0 atom stereocenters. The Bertz CT molecular complexity index is 197. The Balaban J connectivity index is 3.20. The molecule has 4 N–H and O–H groups in total. The molecule has 88 valence electrons. The summed E-state index contributed by atoms with van der Waals surface area (Å²) in [4.78, 5) is 21.2. The molecule has 0 saturated heterocycles. The van der Waals surface area contributed by atoms with Crippen molar-refractivity contribution in [1.82, 2.24) is 10.8 Å². The lowest BCUT2D eigenvalue weighted by molar-refractivity contribution is -0.138. The number of nitrogens with one attached hydrogen (secondary N) is 2. The maximum Gasteiger partial charge on any atom is 0.303 e. The Labute approximate surface area is 88.6 Å². The number of carbonyl (C=O) groups excluding carboxylic acids is 1. The number of carboxylic acids is 1. The summed E-state index contributed by atoms with van der Waals surface area (Å²) < 4.78 is 0. The minimum Gasteiger partial charge on any atom is -0.481 e. The van der Waals surface area contributed by atoms with Gasteiger partial charge in [0.05, 0.1) is 6.42 Å². The van der Waals surface area contributed by atoms with Gasteiger partial charge in [-0.2, -0.15) is 0 Å². The third-order valence-corrected chi connectivity index (χ3v) is 1.85. The van der Waals surface area contributed by atoms with Crippen LogP contribution in [0.2, 0.25) is 0 Å². The number of hydroxylamine groups is 1. The molecule has 6 heteroatoms. The van der Waals surface area contributed by atoms with Gasteiger partial charge in [-0.1, -0.05) is 6.42 Å². The van der Waals surface area contributed by atoms with E-state index < -0.39 is 5.97 Å². The molecule has 0 bridgehead atoms. The van der Waals surface area contributed by atoms with Gasteiger partial charge < -0.3 is 15.6 Å². The molecule has 0 radical (unpaired) electrons. The van der Waals surface area contributed by atoms with E-state index in [1.165, 1.54) is 0 Å². The molecule has 0 aliphatic rings. The van der Waals surface area contributed by atoms with Crippen molar-refractivity contribution in [2.75, 3.05) is 13.1 Å². The zero-order chi connectivity index (χ0) is 11.5. The molecule has 15 heavy (non-hydrogen) atoms. The summed E-state index contributed by atoms with van der Waals surface area (Å²) in [5.41, 5.74) is 2.05. The molecule has 0 unspecified atom stereocenters. The zero-order valence-electron chi connectivity index (χ0n) is 8.66. The van der Waals surface area contributed by atoms with Crippen molar-refractivity contribution >= 4 is 11.9 Å². The van der Waals surface area contributed by atoms with Gasteiger partial charge in [-0.25, -0.2) is 5.48 Å². The molecular formula is C9H18N2O4. The monoisotopic (exact) mass is 218 g/mol. The fraction of sp³-hybridized carbons (Fsp3) is 0.778. The number of aliphatic carboxylic acids is 1. The molecule has 0 heterocycles. The third kappa shape index (κ3) is 10.8. The molecule has 0 aliphatic carbocycles. The summed E-state index contributed by atoms with van der Waals surface area (Å²) in [5, 5.41) is 19.2. The summed E-state index contributed by atoms with van der Waals surface area (Å²) in [7, 11) is 0. The first-order valence-electron chi connectivity index (χ1n) is 5.02. The number of amides is 1. The molecule has 0 fully saturated rings. The zero-order valence-corrected chi connectivity index (χ0v) is 8.66. The number of carboxylic acid groups (broad SMARTS) is 1. The third-order valence-electron chi connectivity index (χ3n) is 1.85.